The van der Waals surface area contributed by atoms with E-state index in [0.29, 0.717) is 6.42 Å². The summed E-state index contributed by atoms with van der Waals surface area (Å²) >= 11 is 0. The number of hydrogen-bond donors (Lipinski definition) is 0. The molecule has 0 atom stereocenters. The van der Waals surface area contributed by atoms with Crippen LogP contribution >= 0.6 is 7.82 Å². The molecule has 0 N–H and O–H groups in total. The third-order valence-electron chi connectivity index (χ3n) is 7.13. The van der Waals surface area contributed by atoms with Crippen molar-refractivity contribution in [1.29, 1.82) is 0 Å². The first-order chi connectivity index (χ1) is 17.8. The maximum atomic E-state index is 10.2. The largest absolute Gasteiger partial charge is 1.00 e. The molecule has 0 bridgehead atoms. The summed E-state index contributed by atoms with van der Waals surface area (Å²) in [4.78, 5) is 20.4. The molecule has 0 aliphatic heterocycles. The van der Waals surface area contributed by atoms with Crippen LogP contribution < -0.4 is 113 Å². The molecule has 0 aliphatic rings. The summed E-state index contributed by atoms with van der Waals surface area (Å²) in [6, 6.07) is 0. The second-order valence-corrected chi connectivity index (χ2v) is 12.7. The van der Waals surface area contributed by atoms with Gasteiger partial charge in [-0.15, -0.1) is 0 Å². The minimum Gasteiger partial charge on any atom is -0.790 e. The van der Waals surface area contributed by atoms with Crippen molar-refractivity contribution in [3.63, 3.8) is 0 Å². The molecule has 4 nitrogen and oxygen atoms in total. The molecule has 0 rings (SSSR count). The molecule has 0 amide bonds. The Kier molecular flexibility index (Phi) is 52.3. The molecule has 0 fully saturated rings. The van der Waals surface area contributed by atoms with Gasteiger partial charge in [0.1, 0.15) is 0 Å². The maximum absolute atomic E-state index is 10.2. The van der Waals surface area contributed by atoms with E-state index in [9.17, 15) is 14.4 Å². The molecular weight excluding hydrogens is 558 g/mol. The zero-order valence-corrected chi connectivity index (χ0v) is 34.9. The third kappa shape index (κ3) is 54.3. The molecule has 0 aromatic heterocycles. The van der Waals surface area contributed by atoms with Gasteiger partial charge in [-0.25, -0.2) is 0 Å². The summed E-state index contributed by atoms with van der Waals surface area (Å²) in [7, 11) is -4.75. The van der Waals surface area contributed by atoms with Gasteiger partial charge >= 0.3 is 103 Å². The van der Waals surface area contributed by atoms with Gasteiger partial charge in [-0.05, 0) is 12.3 Å². The van der Waals surface area contributed by atoms with E-state index in [0.717, 1.165) is 18.8 Å². The van der Waals surface area contributed by atoms with Crippen LogP contribution in [0, 0.1) is 5.92 Å². The standard InChI is InChI=1S/C16H35O4P.C16H34.2K/c1-2-3-4-5-6-7-8-9-10-11-12-13-14-15-16-20-21(17,18)19;1-4-5-6-7-8-9-10-11-12-13-14-15-16(2)3;;/h2-16H2,1H3,(H2,17,18,19);16H,4-15H2,1-3H3;;/q;;2*+1/p-2. The predicted molar refractivity (Wildman–Crippen MR) is 160 cm³/mol. The van der Waals surface area contributed by atoms with Gasteiger partial charge in [0.2, 0.25) is 0 Å². The molecule has 0 aliphatic carbocycles. The van der Waals surface area contributed by atoms with Crippen LogP contribution in [0.5, 0.6) is 0 Å². The maximum Gasteiger partial charge on any atom is 1.00 e. The zero-order valence-electron chi connectivity index (χ0n) is 27.7. The Hall–Kier alpha value is 3.38. The summed E-state index contributed by atoms with van der Waals surface area (Å²) in [5.74, 6) is 0.901. The van der Waals surface area contributed by atoms with Gasteiger partial charge in [0, 0.05) is 0 Å². The van der Waals surface area contributed by atoms with Crippen molar-refractivity contribution in [3.8, 4) is 0 Å². The Morgan fingerprint density at radius 1 is 0.487 bits per heavy atom. The number of hydrogen-bond acceptors (Lipinski definition) is 4. The summed E-state index contributed by atoms with van der Waals surface area (Å²) in [5, 5.41) is 0. The minimum absolute atomic E-state index is 0. The van der Waals surface area contributed by atoms with Crippen LogP contribution in [-0.4, -0.2) is 6.61 Å². The van der Waals surface area contributed by atoms with E-state index in [1.54, 1.807) is 0 Å². The Morgan fingerprint density at radius 3 is 1.00 bits per heavy atom. The molecule has 0 radical (unpaired) electrons. The molecule has 0 unspecified atom stereocenters. The molecule has 0 saturated heterocycles. The third-order valence-corrected chi connectivity index (χ3v) is 7.63. The van der Waals surface area contributed by atoms with E-state index in [1.807, 2.05) is 0 Å². The fourth-order valence-corrected chi connectivity index (χ4v) is 5.04. The smallest absolute Gasteiger partial charge is 0.790 e. The Morgan fingerprint density at radius 2 is 0.744 bits per heavy atom. The second-order valence-electron chi connectivity index (χ2n) is 11.6. The van der Waals surface area contributed by atoms with Crippen LogP contribution in [0.4, 0.5) is 0 Å². The van der Waals surface area contributed by atoms with Crippen molar-refractivity contribution in [2.24, 2.45) is 5.92 Å². The van der Waals surface area contributed by atoms with Gasteiger partial charge in [0.15, 0.2) is 0 Å². The Bertz CT molecular complexity index is 461. The van der Waals surface area contributed by atoms with E-state index in [1.165, 1.54) is 148 Å². The molecule has 0 saturated carbocycles. The van der Waals surface area contributed by atoms with Crippen LogP contribution in [0.25, 0.3) is 0 Å². The first-order valence-electron chi connectivity index (χ1n) is 16.5. The van der Waals surface area contributed by atoms with Gasteiger partial charge < -0.3 is 18.9 Å². The first kappa shape index (κ1) is 49.3. The van der Waals surface area contributed by atoms with Crippen LogP contribution in [0.3, 0.4) is 0 Å². The quantitative estimate of drug-likeness (QED) is 0.0721. The zero-order chi connectivity index (χ0) is 27.9. The number of phosphoric acid groups is 1. The van der Waals surface area contributed by atoms with Crippen molar-refractivity contribution in [2.75, 3.05) is 6.61 Å². The van der Waals surface area contributed by atoms with E-state index in [2.05, 4.69) is 32.2 Å². The summed E-state index contributed by atoms with van der Waals surface area (Å²) in [6.45, 7) is 9.24. The van der Waals surface area contributed by atoms with Crippen molar-refractivity contribution in [3.05, 3.63) is 0 Å². The monoisotopic (exact) mass is 624 g/mol. The molecule has 39 heavy (non-hydrogen) atoms. The molecule has 226 valence electrons. The second kappa shape index (κ2) is 41.4. The van der Waals surface area contributed by atoms with Gasteiger partial charge in [-0.1, -0.05) is 188 Å². The normalized spacial score (nSPS) is 11.1. The molecule has 0 aromatic rings. The van der Waals surface area contributed by atoms with Crippen LogP contribution in [0.1, 0.15) is 195 Å². The van der Waals surface area contributed by atoms with Gasteiger partial charge in [0.25, 0.3) is 0 Å². The van der Waals surface area contributed by atoms with Crippen LogP contribution in [-0.2, 0) is 9.09 Å². The van der Waals surface area contributed by atoms with Gasteiger partial charge in [0.05, 0.1) is 14.4 Å². The Balaban J connectivity index is -0.000000309. The first-order valence-corrected chi connectivity index (χ1v) is 18.0. The molecule has 0 spiro atoms. The molecular formula is C32H67K2O4P. The fourth-order valence-electron chi connectivity index (χ4n) is 4.69. The summed E-state index contributed by atoms with van der Waals surface area (Å²) in [5.41, 5.74) is 0. The molecule has 0 aromatic carbocycles. The molecule has 7 heteroatoms. The predicted octanol–water partition coefficient (Wildman–Crippen LogP) is 4.66. The van der Waals surface area contributed by atoms with Crippen LogP contribution in [0.15, 0.2) is 0 Å². The molecule has 0 heterocycles. The average Bonchev–Trinajstić information content (AvgIpc) is 2.84. The van der Waals surface area contributed by atoms with E-state index in [4.69, 9.17) is 0 Å². The SMILES string of the molecule is CCCCCCCCCCCCCC(C)C.CCCCCCCCCCCCCCCCOP(=O)([O-])[O-].[K+].[K+]. The van der Waals surface area contributed by atoms with Crippen molar-refractivity contribution in [1.82, 2.24) is 0 Å². The van der Waals surface area contributed by atoms with Crippen molar-refractivity contribution < 1.29 is 122 Å². The van der Waals surface area contributed by atoms with E-state index in [-0.39, 0.29) is 109 Å². The van der Waals surface area contributed by atoms with Gasteiger partial charge in [-0.3, -0.25) is 0 Å². The van der Waals surface area contributed by atoms with E-state index < -0.39 is 7.82 Å². The average molecular weight is 625 g/mol. The summed E-state index contributed by atoms with van der Waals surface area (Å²) < 4.78 is 14.4. The van der Waals surface area contributed by atoms with Crippen LogP contribution in [0.2, 0.25) is 0 Å². The van der Waals surface area contributed by atoms with Gasteiger partial charge in [-0.2, -0.15) is 0 Å². The number of phosphoric ester groups is 1. The topological polar surface area (TPSA) is 72.4 Å². The fraction of sp³-hybridized carbons (Fsp3) is 1.00. The minimum atomic E-state index is -4.75. The number of rotatable bonds is 28. The van der Waals surface area contributed by atoms with E-state index >= 15 is 0 Å². The van der Waals surface area contributed by atoms with Crippen molar-refractivity contribution >= 4 is 7.82 Å². The summed E-state index contributed by atoms with van der Waals surface area (Å²) in [6.07, 6.45) is 34.9. The number of unbranched alkanes of at least 4 members (excludes halogenated alkanes) is 23. The Labute approximate surface area is 331 Å². The van der Waals surface area contributed by atoms with Crippen molar-refractivity contribution in [2.45, 2.75) is 195 Å².